The van der Waals surface area contributed by atoms with E-state index in [1.54, 1.807) is 60.7 Å². The first kappa shape index (κ1) is 25.2. The van der Waals surface area contributed by atoms with E-state index in [4.69, 9.17) is 0 Å². The van der Waals surface area contributed by atoms with Gasteiger partial charge in [0.25, 0.3) is 10.1 Å². The molecule has 184 valence electrons. The summed E-state index contributed by atoms with van der Waals surface area (Å²) in [5, 5.41) is 4.33. The number of nitrogens with one attached hydrogen (secondary N) is 1. The van der Waals surface area contributed by atoms with Crippen molar-refractivity contribution in [3.63, 3.8) is 0 Å². The molecule has 0 aliphatic carbocycles. The quantitative estimate of drug-likeness (QED) is 0.348. The van der Waals surface area contributed by atoms with Crippen LogP contribution in [0.3, 0.4) is 0 Å². The average molecular weight is 522 g/mol. The zero-order valence-corrected chi connectivity index (χ0v) is 20.9. The Labute approximate surface area is 210 Å². The first-order chi connectivity index (χ1) is 17.1. The van der Waals surface area contributed by atoms with Crippen molar-refractivity contribution in [2.24, 2.45) is 10.1 Å². The fraction of sp³-hybridized carbons (Fsp3) is 0.0769. The van der Waals surface area contributed by atoms with Crippen LogP contribution in [0.25, 0.3) is 0 Å². The molecule has 1 unspecified atom stereocenters. The maximum absolute atomic E-state index is 13.3. The number of benzene rings is 3. The summed E-state index contributed by atoms with van der Waals surface area (Å²) in [6, 6.07) is 22.8. The number of rotatable bonds is 7. The highest BCUT2D eigenvalue weighted by Gasteiger charge is 2.53. The van der Waals surface area contributed by atoms with Gasteiger partial charge in [0.1, 0.15) is 5.71 Å². The summed E-state index contributed by atoms with van der Waals surface area (Å²) < 4.78 is 60.1. The van der Waals surface area contributed by atoms with Gasteiger partial charge in [0.15, 0.2) is 4.75 Å². The summed E-state index contributed by atoms with van der Waals surface area (Å²) in [5.74, 6) is 0. The molecular formula is C26H23N3O5S2. The van der Waals surface area contributed by atoms with Gasteiger partial charge in [0.2, 0.25) is 9.84 Å². The van der Waals surface area contributed by atoms with Gasteiger partial charge in [-0.05, 0) is 37.3 Å². The van der Waals surface area contributed by atoms with Crippen LogP contribution in [-0.4, -0.2) is 37.6 Å². The fourth-order valence-electron chi connectivity index (χ4n) is 3.78. The minimum atomic E-state index is -4.77. The molecule has 0 amide bonds. The van der Waals surface area contributed by atoms with Gasteiger partial charge in [-0.2, -0.15) is 13.5 Å². The van der Waals surface area contributed by atoms with E-state index >= 15 is 0 Å². The van der Waals surface area contributed by atoms with Crippen molar-refractivity contribution in [3.8, 4) is 0 Å². The van der Waals surface area contributed by atoms with Crippen LogP contribution in [0.5, 0.6) is 0 Å². The van der Waals surface area contributed by atoms with Crippen LogP contribution in [-0.2, 0) is 20.0 Å². The highest BCUT2D eigenvalue weighted by molar-refractivity contribution is 7.91. The first-order valence-corrected chi connectivity index (χ1v) is 13.7. The van der Waals surface area contributed by atoms with Gasteiger partial charge in [-0.1, -0.05) is 73.3 Å². The van der Waals surface area contributed by atoms with Crippen LogP contribution < -0.4 is 5.43 Å². The van der Waals surface area contributed by atoms with Gasteiger partial charge in [-0.25, -0.2) is 13.4 Å². The summed E-state index contributed by atoms with van der Waals surface area (Å²) in [7, 11) is -8.68. The summed E-state index contributed by atoms with van der Waals surface area (Å²) in [6.07, 6.45) is 2.75. The second-order valence-corrected chi connectivity index (χ2v) is 11.7. The molecule has 0 aromatic heterocycles. The molecule has 0 fully saturated rings. The zero-order chi connectivity index (χ0) is 26.0. The Kier molecular flexibility index (Phi) is 6.77. The lowest BCUT2D eigenvalue weighted by Gasteiger charge is -2.23. The standard InChI is InChI=1S/C26H23N3O5S2/c1-3-12-23-26(2,36(32,33)34)25(24(27-23)19-13-6-4-7-14-19)29-28-21-17-10-11-18-22(21)35(30,31)20-15-8-5-9-16-20/h3-18,28H,1H2,2H3,(H,32,33,34)/b23-12+,29-25?. The van der Waals surface area contributed by atoms with Gasteiger partial charge in [0.05, 0.1) is 26.9 Å². The van der Waals surface area contributed by atoms with E-state index in [1.165, 1.54) is 43.3 Å². The normalized spacial score (nSPS) is 20.3. The van der Waals surface area contributed by atoms with Crippen molar-refractivity contribution in [3.05, 3.63) is 115 Å². The summed E-state index contributed by atoms with van der Waals surface area (Å²) in [4.78, 5) is 4.51. The maximum atomic E-state index is 13.3. The molecule has 1 aliphatic rings. The third-order valence-electron chi connectivity index (χ3n) is 5.75. The van der Waals surface area contributed by atoms with E-state index in [-0.39, 0.29) is 32.6 Å². The van der Waals surface area contributed by atoms with Crippen LogP contribution in [0.15, 0.2) is 129 Å². The van der Waals surface area contributed by atoms with Crippen molar-refractivity contribution < 1.29 is 21.4 Å². The Balaban J connectivity index is 1.88. The van der Waals surface area contributed by atoms with Crippen LogP contribution in [0.1, 0.15) is 12.5 Å². The number of allylic oxidation sites excluding steroid dienone is 2. The van der Waals surface area contributed by atoms with Crippen molar-refractivity contribution in [2.45, 2.75) is 21.5 Å². The molecule has 1 heterocycles. The molecule has 10 heteroatoms. The summed E-state index contributed by atoms with van der Waals surface area (Å²) in [6.45, 7) is 4.89. The lowest BCUT2D eigenvalue weighted by Crippen LogP contribution is -2.44. The second kappa shape index (κ2) is 9.65. The largest absolute Gasteiger partial charge is 0.285 e. The smallest absolute Gasteiger partial charge is 0.282 e. The maximum Gasteiger partial charge on any atom is 0.282 e. The first-order valence-electron chi connectivity index (χ1n) is 10.8. The predicted molar refractivity (Wildman–Crippen MR) is 141 cm³/mol. The Hall–Kier alpha value is -3.86. The van der Waals surface area contributed by atoms with Crippen LogP contribution in [0.2, 0.25) is 0 Å². The number of hydrogen-bond donors (Lipinski definition) is 2. The van der Waals surface area contributed by atoms with Crippen molar-refractivity contribution in [1.29, 1.82) is 0 Å². The van der Waals surface area contributed by atoms with E-state index in [0.29, 0.717) is 5.56 Å². The lowest BCUT2D eigenvalue weighted by atomic mass is 9.97. The number of sulfone groups is 1. The van der Waals surface area contributed by atoms with E-state index in [1.807, 2.05) is 0 Å². The fourth-order valence-corrected chi connectivity index (χ4v) is 5.98. The minimum absolute atomic E-state index is 0.0181. The Morgan fingerprint density at radius 3 is 2.11 bits per heavy atom. The predicted octanol–water partition coefficient (Wildman–Crippen LogP) is 4.51. The monoisotopic (exact) mass is 521 g/mol. The molecule has 36 heavy (non-hydrogen) atoms. The van der Waals surface area contributed by atoms with Crippen molar-refractivity contribution in [1.82, 2.24) is 0 Å². The molecule has 0 radical (unpaired) electrons. The van der Waals surface area contributed by atoms with Gasteiger partial charge >= 0.3 is 0 Å². The lowest BCUT2D eigenvalue weighted by molar-refractivity contribution is 0.468. The zero-order valence-electron chi connectivity index (χ0n) is 19.2. The third-order valence-corrected chi connectivity index (χ3v) is 9.02. The van der Waals surface area contributed by atoms with Crippen molar-refractivity contribution in [2.75, 3.05) is 5.43 Å². The molecule has 8 nitrogen and oxygen atoms in total. The number of para-hydroxylation sites is 1. The molecule has 2 N–H and O–H groups in total. The molecule has 4 rings (SSSR count). The third kappa shape index (κ3) is 4.41. The van der Waals surface area contributed by atoms with E-state index in [9.17, 15) is 21.4 Å². The minimum Gasteiger partial charge on any atom is -0.285 e. The van der Waals surface area contributed by atoms with Crippen LogP contribution in [0, 0.1) is 0 Å². The van der Waals surface area contributed by atoms with Gasteiger partial charge in [-0.3, -0.25) is 9.98 Å². The summed E-state index contributed by atoms with van der Waals surface area (Å²) in [5.41, 5.74) is 3.53. The Morgan fingerprint density at radius 1 is 0.917 bits per heavy atom. The molecular weight excluding hydrogens is 498 g/mol. The number of anilines is 1. The molecule has 0 saturated carbocycles. The van der Waals surface area contributed by atoms with E-state index in [2.05, 4.69) is 22.1 Å². The summed E-state index contributed by atoms with van der Waals surface area (Å²) >= 11 is 0. The van der Waals surface area contributed by atoms with Crippen LogP contribution >= 0.6 is 0 Å². The topological polar surface area (TPSA) is 125 Å². The molecule has 0 saturated heterocycles. The number of hydrazone groups is 1. The molecule has 3 aromatic carbocycles. The van der Waals surface area contributed by atoms with Gasteiger partial charge < -0.3 is 0 Å². The number of hydrogen-bond acceptors (Lipinski definition) is 7. The van der Waals surface area contributed by atoms with Crippen LogP contribution in [0.4, 0.5) is 5.69 Å². The molecule has 0 bridgehead atoms. The molecule has 3 aromatic rings. The number of aliphatic imine (C=N–C) groups is 1. The molecule has 0 spiro atoms. The van der Waals surface area contributed by atoms with E-state index in [0.717, 1.165) is 0 Å². The number of nitrogens with zero attached hydrogens (tertiary/aromatic N) is 2. The van der Waals surface area contributed by atoms with Gasteiger partial charge in [0, 0.05) is 5.56 Å². The van der Waals surface area contributed by atoms with Gasteiger partial charge in [-0.15, -0.1) is 0 Å². The molecule has 1 aliphatic heterocycles. The Morgan fingerprint density at radius 2 is 1.50 bits per heavy atom. The SMILES string of the molecule is C=C/C=C1/N=C(c2ccccc2)C(=NNc2ccccc2S(=O)(=O)c2ccccc2)C1(C)S(=O)(=O)O. The Bertz CT molecular complexity index is 1610. The highest BCUT2D eigenvalue weighted by atomic mass is 32.2. The molecule has 1 atom stereocenters. The highest BCUT2D eigenvalue weighted by Crippen LogP contribution is 2.37. The van der Waals surface area contributed by atoms with E-state index < -0.39 is 24.7 Å². The average Bonchev–Trinajstić information content (AvgIpc) is 3.16. The second-order valence-electron chi connectivity index (χ2n) is 8.01. The van der Waals surface area contributed by atoms with Crippen molar-refractivity contribution >= 4 is 37.1 Å².